The molecule has 0 saturated heterocycles. The fourth-order valence-electron chi connectivity index (χ4n) is 2.44. The lowest BCUT2D eigenvalue weighted by atomic mass is 9.92. The van der Waals surface area contributed by atoms with E-state index in [-0.39, 0.29) is 6.04 Å². The average molecular weight is 272 g/mol. The molecule has 1 N–H and O–H groups in total. The van der Waals surface area contributed by atoms with E-state index in [0.29, 0.717) is 11.1 Å². The van der Waals surface area contributed by atoms with Crippen LogP contribution < -0.4 is 5.32 Å². The van der Waals surface area contributed by atoms with Crippen molar-refractivity contribution in [3.8, 4) is 0 Å². The van der Waals surface area contributed by atoms with Gasteiger partial charge in [0.1, 0.15) is 5.76 Å². The zero-order valence-electron chi connectivity index (χ0n) is 12.0. The summed E-state index contributed by atoms with van der Waals surface area (Å²) in [5.74, 6) is 2.39. The Bertz CT molecular complexity index is 335. The van der Waals surface area contributed by atoms with Crippen molar-refractivity contribution in [2.75, 3.05) is 6.54 Å². The lowest BCUT2D eigenvalue weighted by molar-refractivity contribution is 0.322. The van der Waals surface area contributed by atoms with E-state index < -0.39 is 0 Å². The zero-order chi connectivity index (χ0) is 13.5. The number of nitrogens with one attached hydrogen (secondary N) is 1. The standard InChI is InChI=1S/C15H26ClNO/c1-5-8-17-13(10-12(4)9-11(2)3)14-6-7-15(16)18-14/h6-7,11-13,17H,5,8-10H2,1-4H3. The van der Waals surface area contributed by atoms with Gasteiger partial charge < -0.3 is 9.73 Å². The first kappa shape index (κ1) is 15.6. The van der Waals surface area contributed by atoms with Crippen LogP contribution in [-0.2, 0) is 0 Å². The van der Waals surface area contributed by atoms with Gasteiger partial charge >= 0.3 is 0 Å². The molecular weight excluding hydrogens is 246 g/mol. The quantitative estimate of drug-likeness (QED) is 0.716. The summed E-state index contributed by atoms with van der Waals surface area (Å²) in [6, 6.07) is 4.09. The van der Waals surface area contributed by atoms with E-state index in [1.807, 2.05) is 12.1 Å². The van der Waals surface area contributed by atoms with Crippen molar-refractivity contribution in [3.63, 3.8) is 0 Å². The second-order valence-electron chi connectivity index (χ2n) is 5.62. The first-order chi connectivity index (χ1) is 8.52. The van der Waals surface area contributed by atoms with Gasteiger partial charge in [0, 0.05) is 0 Å². The van der Waals surface area contributed by atoms with E-state index in [1.54, 1.807) is 0 Å². The molecule has 3 heteroatoms. The van der Waals surface area contributed by atoms with E-state index in [2.05, 4.69) is 33.0 Å². The zero-order valence-corrected chi connectivity index (χ0v) is 12.8. The van der Waals surface area contributed by atoms with Crippen LogP contribution in [0.15, 0.2) is 16.5 Å². The molecule has 1 rings (SSSR count). The first-order valence-electron chi connectivity index (χ1n) is 7.01. The molecule has 18 heavy (non-hydrogen) atoms. The van der Waals surface area contributed by atoms with E-state index in [1.165, 1.54) is 6.42 Å². The lowest BCUT2D eigenvalue weighted by Crippen LogP contribution is -2.24. The maximum absolute atomic E-state index is 5.86. The molecule has 0 fully saturated rings. The van der Waals surface area contributed by atoms with Gasteiger partial charge in [-0.15, -0.1) is 0 Å². The van der Waals surface area contributed by atoms with Gasteiger partial charge in [0.2, 0.25) is 0 Å². The number of hydrogen-bond donors (Lipinski definition) is 1. The second kappa shape index (κ2) is 7.85. The molecule has 0 amide bonds. The van der Waals surface area contributed by atoms with Crippen LogP contribution in [0, 0.1) is 11.8 Å². The van der Waals surface area contributed by atoms with Crippen LogP contribution >= 0.6 is 11.6 Å². The van der Waals surface area contributed by atoms with E-state index in [4.69, 9.17) is 16.0 Å². The SMILES string of the molecule is CCCNC(CC(C)CC(C)C)c1ccc(Cl)o1. The number of rotatable bonds is 8. The van der Waals surface area contributed by atoms with Crippen LogP contribution in [0.4, 0.5) is 0 Å². The van der Waals surface area contributed by atoms with Gasteiger partial charge in [-0.05, 0) is 61.4 Å². The van der Waals surface area contributed by atoms with Crippen molar-refractivity contribution in [1.29, 1.82) is 0 Å². The minimum Gasteiger partial charge on any atom is -0.448 e. The summed E-state index contributed by atoms with van der Waals surface area (Å²) < 4.78 is 5.55. The van der Waals surface area contributed by atoms with Gasteiger partial charge in [-0.1, -0.05) is 27.7 Å². The molecule has 0 saturated carbocycles. The van der Waals surface area contributed by atoms with Crippen LogP contribution in [0.5, 0.6) is 0 Å². The van der Waals surface area contributed by atoms with Crippen molar-refractivity contribution in [1.82, 2.24) is 5.32 Å². The third-order valence-corrected chi connectivity index (χ3v) is 3.29. The van der Waals surface area contributed by atoms with Gasteiger partial charge in [0.05, 0.1) is 6.04 Å². The summed E-state index contributed by atoms with van der Waals surface area (Å²) in [5.41, 5.74) is 0. The van der Waals surface area contributed by atoms with Crippen molar-refractivity contribution in [3.05, 3.63) is 23.1 Å². The highest BCUT2D eigenvalue weighted by atomic mass is 35.5. The molecule has 0 spiro atoms. The molecule has 2 atom stereocenters. The molecule has 0 aromatic carbocycles. The Kier molecular flexibility index (Phi) is 6.80. The van der Waals surface area contributed by atoms with Crippen LogP contribution in [0.3, 0.4) is 0 Å². The number of hydrogen-bond acceptors (Lipinski definition) is 2. The van der Waals surface area contributed by atoms with Gasteiger partial charge in [0.25, 0.3) is 0 Å². The number of furan rings is 1. The molecule has 0 aliphatic carbocycles. The average Bonchev–Trinajstić information content (AvgIpc) is 2.70. The Morgan fingerprint density at radius 1 is 1.22 bits per heavy atom. The highest BCUT2D eigenvalue weighted by molar-refractivity contribution is 6.28. The summed E-state index contributed by atoms with van der Waals surface area (Å²) in [6.45, 7) is 10.0. The Labute approximate surface area is 116 Å². The van der Waals surface area contributed by atoms with Crippen molar-refractivity contribution >= 4 is 11.6 Å². The summed E-state index contributed by atoms with van der Waals surface area (Å²) in [5, 5.41) is 4.03. The van der Waals surface area contributed by atoms with Gasteiger partial charge in [-0.2, -0.15) is 0 Å². The molecule has 0 aliphatic heterocycles. The summed E-state index contributed by atoms with van der Waals surface area (Å²) >= 11 is 5.86. The van der Waals surface area contributed by atoms with Crippen molar-refractivity contribution in [2.24, 2.45) is 11.8 Å². The van der Waals surface area contributed by atoms with Crippen LogP contribution in [0.25, 0.3) is 0 Å². The van der Waals surface area contributed by atoms with E-state index in [0.717, 1.165) is 31.1 Å². The predicted molar refractivity (Wildman–Crippen MR) is 78.0 cm³/mol. The van der Waals surface area contributed by atoms with Gasteiger partial charge in [-0.25, -0.2) is 0 Å². The highest BCUT2D eigenvalue weighted by Crippen LogP contribution is 2.27. The molecule has 1 aromatic heterocycles. The maximum atomic E-state index is 5.86. The summed E-state index contributed by atoms with van der Waals surface area (Å²) in [6.07, 6.45) is 3.48. The topological polar surface area (TPSA) is 25.2 Å². The molecule has 2 nitrogen and oxygen atoms in total. The normalized spacial score (nSPS) is 15.0. The molecule has 1 heterocycles. The third-order valence-electron chi connectivity index (χ3n) is 3.09. The first-order valence-corrected chi connectivity index (χ1v) is 7.39. The largest absolute Gasteiger partial charge is 0.448 e. The third kappa shape index (κ3) is 5.45. The molecule has 0 radical (unpaired) electrons. The molecule has 104 valence electrons. The van der Waals surface area contributed by atoms with Crippen molar-refractivity contribution in [2.45, 2.75) is 53.0 Å². The molecule has 2 unspecified atom stereocenters. The Morgan fingerprint density at radius 3 is 2.44 bits per heavy atom. The summed E-state index contributed by atoms with van der Waals surface area (Å²) in [4.78, 5) is 0. The fraction of sp³-hybridized carbons (Fsp3) is 0.733. The Balaban J connectivity index is 2.60. The van der Waals surface area contributed by atoms with Gasteiger partial charge in [0.15, 0.2) is 5.22 Å². The van der Waals surface area contributed by atoms with Crippen LogP contribution in [0.2, 0.25) is 5.22 Å². The van der Waals surface area contributed by atoms with Crippen molar-refractivity contribution < 1.29 is 4.42 Å². The maximum Gasteiger partial charge on any atom is 0.193 e. The second-order valence-corrected chi connectivity index (χ2v) is 5.99. The number of halogens is 1. The molecular formula is C15H26ClNO. The molecule has 1 aromatic rings. The Morgan fingerprint density at radius 2 is 1.94 bits per heavy atom. The monoisotopic (exact) mass is 271 g/mol. The van der Waals surface area contributed by atoms with E-state index >= 15 is 0 Å². The highest BCUT2D eigenvalue weighted by Gasteiger charge is 2.18. The Hall–Kier alpha value is -0.470. The lowest BCUT2D eigenvalue weighted by Gasteiger charge is -2.21. The smallest absolute Gasteiger partial charge is 0.193 e. The summed E-state index contributed by atoms with van der Waals surface area (Å²) in [7, 11) is 0. The molecule has 0 bridgehead atoms. The van der Waals surface area contributed by atoms with Crippen LogP contribution in [-0.4, -0.2) is 6.54 Å². The predicted octanol–water partition coefficient (Wildman–Crippen LogP) is 5.05. The van der Waals surface area contributed by atoms with Crippen LogP contribution in [0.1, 0.15) is 58.8 Å². The van der Waals surface area contributed by atoms with Gasteiger partial charge in [-0.3, -0.25) is 0 Å². The minimum absolute atomic E-state index is 0.284. The van der Waals surface area contributed by atoms with E-state index in [9.17, 15) is 0 Å². The molecule has 0 aliphatic rings. The fourth-order valence-corrected chi connectivity index (χ4v) is 2.59. The minimum atomic E-state index is 0.284.